The lowest BCUT2D eigenvalue weighted by atomic mass is 10.2. The van der Waals surface area contributed by atoms with Crippen LogP contribution in [0.25, 0.3) is 0 Å². The molecule has 1 aromatic heterocycles. The van der Waals surface area contributed by atoms with Gasteiger partial charge in [0.15, 0.2) is 0 Å². The summed E-state index contributed by atoms with van der Waals surface area (Å²) in [6.45, 7) is 6.86. The number of aryl methyl sites for hydroxylation is 1. The maximum Gasteiger partial charge on any atom is 0.270 e. The van der Waals surface area contributed by atoms with Crippen molar-refractivity contribution in [3.63, 3.8) is 0 Å². The van der Waals surface area contributed by atoms with Crippen molar-refractivity contribution in [1.29, 1.82) is 0 Å². The number of ether oxygens (including phenoxy) is 1. The first-order valence-electron chi connectivity index (χ1n) is 10.2. The fraction of sp³-hybridized carbons (Fsp3) is 0.476. The number of hydrogen-bond acceptors (Lipinski definition) is 5. The number of amides is 1. The average Bonchev–Trinajstić information content (AvgIpc) is 3.16. The smallest absolute Gasteiger partial charge is 0.270 e. The summed E-state index contributed by atoms with van der Waals surface area (Å²) < 4.78 is 34.0. The fourth-order valence-electron chi connectivity index (χ4n) is 3.80. The lowest BCUT2D eigenvalue weighted by Gasteiger charge is -2.36. The van der Waals surface area contributed by atoms with Crippen LogP contribution >= 0.6 is 0 Å². The Kier molecular flexibility index (Phi) is 6.72. The summed E-state index contributed by atoms with van der Waals surface area (Å²) in [5.41, 5.74) is 1.39. The molecule has 1 aromatic carbocycles. The van der Waals surface area contributed by atoms with E-state index < -0.39 is 10.0 Å². The van der Waals surface area contributed by atoms with Gasteiger partial charge in [0.05, 0.1) is 12.8 Å². The van der Waals surface area contributed by atoms with Crippen molar-refractivity contribution in [2.45, 2.75) is 18.7 Å². The summed E-state index contributed by atoms with van der Waals surface area (Å²) in [5.74, 6) is 0.657. The molecule has 0 spiro atoms. The van der Waals surface area contributed by atoms with Gasteiger partial charge >= 0.3 is 0 Å². The van der Waals surface area contributed by atoms with Crippen molar-refractivity contribution in [3.05, 3.63) is 42.2 Å². The molecular weight excluding hydrogens is 404 g/mol. The Balaban J connectivity index is 1.74. The molecule has 1 aliphatic heterocycles. The Morgan fingerprint density at radius 3 is 2.33 bits per heavy atom. The minimum Gasteiger partial charge on any atom is -0.495 e. The fourth-order valence-corrected chi connectivity index (χ4v) is 5.33. The molecule has 1 amide bonds. The Morgan fingerprint density at radius 1 is 1.10 bits per heavy atom. The van der Waals surface area contributed by atoms with Crippen molar-refractivity contribution >= 4 is 21.6 Å². The van der Waals surface area contributed by atoms with Crippen molar-refractivity contribution in [2.75, 3.05) is 51.3 Å². The zero-order valence-corrected chi connectivity index (χ0v) is 18.9. The predicted molar refractivity (Wildman–Crippen MR) is 117 cm³/mol. The molecule has 9 heteroatoms. The van der Waals surface area contributed by atoms with Crippen LogP contribution in [0.5, 0.6) is 5.75 Å². The summed E-state index contributed by atoms with van der Waals surface area (Å²) in [7, 11) is -0.241. The third-order valence-corrected chi connectivity index (χ3v) is 7.55. The van der Waals surface area contributed by atoms with Crippen LogP contribution in [-0.2, 0) is 17.1 Å². The summed E-state index contributed by atoms with van der Waals surface area (Å²) in [6, 6.07) is 9.33. The van der Waals surface area contributed by atoms with Crippen LogP contribution in [0.3, 0.4) is 0 Å². The molecule has 2 aromatic rings. The average molecular weight is 435 g/mol. The maximum absolute atomic E-state index is 13.1. The minimum atomic E-state index is -3.60. The minimum absolute atomic E-state index is 0.154. The molecule has 1 aliphatic rings. The van der Waals surface area contributed by atoms with Gasteiger partial charge in [-0.1, -0.05) is 26.0 Å². The number of methoxy groups -OCH3 is 1. The van der Waals surface area contributed by atoms with Gasteiger partial charge in [-0.05, 0) is 18.2 Å². The molecule has 3 rings (SSSR count). The number of anilines is 1. The molecule has 1 saturated heterocycles. The SMILES string of the molecule is CCN(CC)S(=O)(=O)c1cc(C(=O)N2CCN(c3ccccc3OC)CC2)n(C)c1. The highest BCUT2D eigenvalue weighted by Gasteiger charge is 2.29. The summed E-state index contributed by atoms with van der Waals surface area (Å²) >= 11 is 0. The van der Waals surface area contributed by atoms with Gasteiger partial charge in [-0.2, -0.15) is 4.31 Å². The third-order valence-electron chi connectivity index (χ3n) is 5.53. The number of nitrogens with zero attached hydrogens (tertiary/aromatic N) is 4. The molecule has 2 heterocycles. The quantitative estimate of drug-likeness (QED) is 0.667. The van der Waals surface area contributed by atoms with Gasteiger partial charge in [0.25, 0.3) is 5.91 Å². The molecule has 1 fully saturated rings. The summed E-state index contributed by atoms with van der Waals surface area (Å²) in [5, 5.41) is 0. The molecule has 0 N–H and O–H groups in total. The molecule has 30 heavy (non-hydrogen) atoms. The van der Waals surface area contributed by atoms with E-state index in [0.29, 0.717) is 45.0 Å². The number of hydrogen-bond donors (Lipinski definition) is 0. The van der Waals surface area contributed by atoms with Crippen molar-refractivity contribution in [2.24, 2.45) is 7.05 Å². The van der Waals surface area contributed by atoms with Crippen LogP contribution in [0.2, 0.25) is 0 Å². The second-order valence-electron chi connectivity index (χ2n) is 7.21. The normalized spacial score (nSPS) is 15.0. The highest BCUT2D eigenvalue weighted by molar-refractivity contribution is 7.89. The lowest BCUT2D eigenvalue weighted by molar-refractivity contribution is 0.0737. The Bertz CT molecular complexity index is 990. The van der Waals surface area contributed by atoms with Crippen LogP contribution in [0.4, 0.5) is 5.69 Å². The van der Waals surface area contributed by atoms with Crippen LogP contribution in [0, 0.1) is 0 Å². The van der Waals surface area contributed by atoms with Crippen LogP contribution < -0.4 is 9.64 Å². The van der Waals surface area contributed by atoms with Crippen LogP contribution in [0.1, 0.15) is 24.3 Å². The predicted octanol–water partition coefficient (Wildman–Crippen LogP) is 2.03. The standard InChI is InChI=1S/C21H30N4O4S/c1-5-25(6-2)30(27,28)17-15-19(22(3)16-17)21(26)24-13-11-23(12-14-24)18-9-7-8-10-20(18)29-4/h7-10,15-16H,5-6,11-14H2,1-4H3. The Morgan fingerprint density at radius 2 is 1.73 bits per heavy atom. The third kappa shape index (κ3) is 4.17. The van der Waals surface area contributed by atoms with E-state index in [9.17, 15) is 13.2 Å². The van der Waals surface area contributed by atoms with Gasteiger partial charge in [-0.3, -0.25) is 4.79 Å². The number of sulfonamides is 1. The molecule has 164 valence electrons. The van der Waals surface area contributed by atoms with E-state index in [2.05, 4.69) is 4.90 Å². The molecule has 0 aliphatic carbocycles. The number of piperazine rings is 1. The highest BCUT2D eigenvalue weighted by atomic mass is 32.2. The van der Waals surface area contributed by atoms with Crippen LogP contribution in [0.15, 0.2) is 41.4 Å². The van der Waals surface area contributed by atoms with Crippen LogP contribution in [-0.4, -0.2) is 74.5 Å². The van der Waals surface area contributed by atoms with Crippen molar-refractivity contribution < 1.29 is 17.9 Å². The summed E-state index contributed by atoms with van der Waals surface area (Å²) in [6.07, 6.45) is 1.52. The first-order valence-corrected chi connectivity index (χ1v) is 11.6. The van der Waals surface area contributed by atoms with Gasteiger partial charge in [0.2, 0.25) is 10.0 Å². The molecule has 0 atom stereocenters. The van der Waals surface area contributed by atoms with Crippen molar-refractivity contribution in [3.8, 4) is 5.75 Å². The van der Waals surface area contributed by atoms with Gasteiger partial charge < -0.3 is 19.1 Å². The first-order chi connectivity index (χ1) is 14.3. The van der Waals surface area contributed by atoms with E-state index in [4.69, 9.17) is 4.74 Å². The zero-order chi connectivity index (χ0) is 21.9. The van der Waals surface area contributed by atoms with E-state index in [1.807, 2.05) is 24.3 Å². The number of benzene rings is 1. The van der Waals surface area contributed by atoms with Gasteiger partial charge in [0.1, 0.15) is 16.3 Å². The van der Waals surface area contributed by atoms with Gasteiger partial charge in [-0.25, -0.2) is 8.42 Å². The Labute approximate surface area is 178 Å². The zero-order valence-electron chi connectivity index (χ0n) is 18.0. The second kappa shape index (κ2) is 9.09. The maximum atomic E-state index is 13.1. The van der Waals surface area contributed by atoms with E-state index in [1.54, 1.807) is 37.5 Å². The van der Waals surface area contributed by atoms with Gasteiger partial charge in [-0.15, -0.1) is 0 Å². The number of carbonyl (C=O) groups is 1. The molecule has 0 bridgehead atoms. The molecule has 0 unspecified atom stereocenters. The van der Waals surface area contributed by atoms with Gasteiger partial charge in [0, 0.05) is 52.5 Å². The molecular formula is C21H30N4O4S. The highest BCUT2D eigenvalue weighted by Crippen LogP contribution is 2.28. The van der Waals surface area contributed by atoms with E-state index in [0.717, 1.165) is 11.4 Å². The Hall–Kier alpha value is -2.52. The van der Waals surface area contributed by atoms with Crippen molar-refractivity contribution in [1.82, 2.24) is 13.8 Å². The number of carbonyl (C=O) groups excluding carboxylic acids is 1. The van der Waals surface area contributed by atoms with E-state index >= 15 is 0 Å². The van der Waals surface area contributed by atoms with E-state index in [1.165, 1.54) is 16.6 Å². The summed E-state index contributed by atoms with van der Waals surface area (Å²) in [4.78, 5) is 17.2. The topological polar surface area (TPSA) is 75.1 Å². The number of aromatic nitrogens is 1. The molecule has 0 saturated carbocycles. The monoisotopic (exact) mass is 434 g/mol. The number of rotatable bonds is 7. The number of para-hydroxylation sites is 2. The largest absolute Gasteiger partial charge is 0.495 e. The molecule has 0 radical (unpaired) electrons. The molecule has 8 nitrogen and oxygen atoms in total. The first kappa shape index (κ1) is 22.2. The second-order valence-corrected chi connectivity index (χ2v) is 9.15. The van der Waals surface area contributed by atoms with E-state index in [-0.39, 0.29) is 10.8 Å². The lowest BCUT2D eigenvalue weighted by Crippen LogP contribution is -2.49.